The predicted molar refractivity (Wildman–Crippen MR) is 137 cm³/mol. The number of allylic oxidation sites excluding steroid dienone is 2. The lowest BCUT2D eigenvalue weighted by Gasteiger charge is -2.71. The van der Waals surface area contributed by atoms with Crippen molar-refractivity contribution in [1.82, 2.24) is 0 Å². The molecule has 4 saturated carbocycles. The quantitative estimate of drug-likeness (QED) is 0.326. The SMILES string of the molecule is COC(=O)[C@]12CC[C@@H](C)[C@H](C)[C@H]1C1=CC[C@@H]3[C@@]4(C)CC[C@@H](O)C(C)(C)[C@H]4CC[C@@]3(C)[C@]1(C)CC2. The molecule has 5 aliphatic rings. The normalized spacial score (nSPS) is 54.0. The Morgan fingerprint density at radius 2 is 1.65 bits per heavy atom. The van der Waals surface area contributed by atoms with Crippen LogP contribution in [-0.2, 0) is 9.53 Å². The summed E-state index contributed by atoms with van der Waals surface area (Å²) in [7, 11) is 1.60. The van der Waals surface area contributed by atoms with Crippen LogP contribution in [0.3, 0.4) is 0 Å². The van der Waals surface area contributed by atoms with Gasteiger partial charge >= 0.3 is 5.97 Å². The number of carbonyl (C=O) groups is 1. The van der Waals surface area contributed by atoms with Gasteiger partial charge in [0, 0.05) is 0 Å². The van der Waals surface area contributed by atoms with Crippen LogP contribution in [0.2, 0.25) is 0 Å². The maximum atomic E-state index is 13.4. The number of esters is 1. The van der Waals surface area contributed by atoms with Crippen molar-refractivity contribution in [3.63, 3.8) is 0 Å². The summed E-state index contributed by atoms with van der Waals surface area (Å²) in [6.45, 7) is 17.2. The molecule has 0 bridgehead atoms. The summed E-state index contributed by atoms with van der Waals surface area (Å²) in [6.07, 6.45) is 12.3. The molecule has 0 radical (unpaired) electrons. The Bertz CT molecular complexity index is 889. The van der Waals surface area contributed by atoms with Gasteiger partial charge in [-0.1, -0.05) is 60.1 Å². The second kappa shape index (κ2) is 7.59. The molecule has 1 N–H and O–H groups in total. The molecule has 10 atom stereocenters. The number of fused-ring (bicyclic) bond motifs is 7. The molecule has 0 heterocycles. The lowest BCUT2D eigenvalue weighted by Crippen LogP contribution is -2.65. The molecule has 4 fully saturated rings. The number of methoxy groups -OCH3 is 1. The summed E-state index contributed by atoms with van der Waals surface area (Å²) >= 11 is 0. The van der Waals surface area contributed by atoms with E-state index in [1.807, 2.05) is 0 Å². The molecular weight excluding hydrogens is 420 g/mol. The molecule has 0 unspecified atom stereocenters. The fourth-order valence-electron chi connectivity index (χ4n) is 11.0. The van der Waals surface area contributed by atoms with Crippen molar-refractivity contribution in [1.29, 1.82) is 0 Å². The van der Waals surface area contributed by atoms with E-state index in [-0.39, 0.29) is 39.1 Å². The fraction of sp³-hybridized carbons (Fsp3) is 0.903. The van der Waals surface area contributed by atoms with Crippen LogP contribution in [0.4, 0.5) is 0 Å². The average Bonchev–Trinajstić information content (AvgIpc) is 2.79. The minimum Gasteiger partial charge on any atom is -0.469 e. The van der Waals surface area contributed by atoms with Crippen molar-refractivity contribution in [3.8, 4) is 0 Å². The first-order chi connectivity index (χ1) is 15.8. The van der Waals surface area contributed by atoms with E-state index in [1.54, 1.807) is 12.7 Å². The van der Waals surface area contributed by atoms with Crippen LogP contribution in [0.1, 0.15) is 106 Å². The Morgan fingerprint density at radius 3 is 2.32 bits per heavy atom. The highest BCUT2D eigenvalue weighted by Crippen LogP contribution is 2.75. The Balaban J connectivity index is 1.61. The van der Waals surface area contributed by atoms with E-state index in [4.69, 9.17) is 4.74 Å². The van der Waals surface area contributed by atoms with E-state index in [0.717, 1.165) is 44.9 Å². The van der Waals surface area contributed by atoms with Crippen molar-refractivity contribution in [2.45, 2.75) is 112 Å². The Labute approximate surface area is 208 Å². The maximum Gasteiger partial charge on any atom is 0.312 e. The van der Waals surface area contributed by atoms with E-state index in [0.29, 0.717) is 29.6 Å². The highest BCUT2D eigenvalue weighted by Gasteiger charge is 2.69. The topological polar surface area (TPSA) is 46.5 Å². The van der Waals surface area contributed by atoms with Gasteiger partial charge in [0.2, 0.25) is 0 Å². The lowest BCUT2D eigenvalue weighted by molar-refractivity contribution is -0.207. The summed E-state index contributed by atoms with van der Waals surface area (Å²) < 4.78 is 5.51. The minimum absolute atomic E-state index is 0.0147. The second-order valence-electron chi connectivity index (χ2n) is 14.7. The maximum absolute atomic E-state index is 13.4. The molecule has 3 heteroatoms. The standard InChI is InChI=1S/C31H50O3/c1-19-11-16-31(26(33)34-8)18-17-29(6)21(25(31)20(19)2)9-10-23-28(5)14-13-24(32)27(3,4)22(28)12-15-30(23,29)7/h9,19-20,22-25,32H,10-18H2,1-8H3/t19-,20+,22-,23-,24-,25+,28+,29-,30-,31+/m1/s1. The number of carbonyl (C=O) groups excluding carboxylic acids is 1. The molecule has 5 aliphatic carbocycles. The molecule has 0 aromatic carbocycles. The number of aliphatic hydroxyl groups excluding tert-OH is 1. The van der Waals surface area contributed by atoms with Crippen molar-refractivity contribution < 1.29 is 14.6 Å². The lowest BCUT2D eigenvalue weighted by atomic mass is 9.33. The van der Waals surface area contributed by atoms with Crippen molar-refractivity contribution in [3.05, 3.63) is 11.6 Å². The Kier molecular flexibility index (Phi) is 5.55. The van der Waals surface area contributed by atoms with Crippen LogP contribution in [-0.4, -0.2) is 24.3 Å². The smallest absolute Gasteiger partial charge is 0.312 e. The highest BCUT2D eigenvalue weighted by molar-refractivity contribution is 5.78. The first kappa shape index (κ1) is 24.8. The zero-order valence-electron chi connectivity index (χ0n) is 23.2. The van der Waals surface area contributed by atoms with Gasteiger partial charge in [0.15, 0.2) is 0 Å². The monoisotopic (exact) mass is 470 g/mol. The van der Waals surface area contributed by atoms with Gasteiger partial charge in [-0.3, -0.25) is 4.79 Å². The van der Waals surface area contributed by atoms with Crippen molar-refractivity contribution >= 4 is 5.97 Å². The molecule has 5 rings (SSSR count). The van der Waals surface area contributed by atoms with Gasteiger partial charge in [0.1, 0.15) is 0 Å². The number of hydrogen-bond acceptors (Lipinski definition) is 3. The minimum atomic E-state index is -0.326. The summed E-state index contributed by atoms with van der Waals surface area (Å²) in [6, 6.07) is 0. The van der Waals surface area contributed by atoms with Crippen molar-refractivity contribution in [2.75, 3.05) is 7.11 Å². The average molecular weight is 471 g/mol. The third-order valence-electron chi connectivity index (χ3n) is 13.6. The molecule has 0 spiro atoms. The zero-order valence-corrected chi connectivity index (χ0v) is 23.2. The van der Waals surface area contributed by atoms with Gasteiger partial charge in [0.05, 0.1) is 18.6 Å². The van der Waals surface area contributed by atoms with E-state index in [1.165, 1.54) is 12.8 Å². The van der Waals surface area contributed by atoms with Crippen LogP contribution in [0, 0.1) is 56.7 Å². The largest absolute Gasteiger partial charge is 0.469 e. The van der Waals surface area contributed by atoms with Gasteiger partial charge in [-0.25, -0.2) is 0 Å². The molecular formula is C31H50O3. The molecule has 192 valence electrons. The van der Waals surface area contributed by atoms with Gasteiger partial charge in [-0.2, -0.15) is 0 Å². The zero-order chi connectivity index (χ0) is 24.9. The number of rotatable bonds is 1. The first-order valence-electron chi connectivity index (χ1n) is 14.3. The highest BCUT2D eigenvalue weighted by atomic mass is 16.5. The molecule has 34 heavy (non-hydrogen) atoms. The third-order valence-corrected chi connectivity index (χ3v) is 13.6. The van der Waals surface area contributed by atoms with E-state index >= 15 is 0 Å². The van der Waals surface area contributed by atoms with Crippen molar-refractivity contribution in [2.24, 2.45) is 56.7 Å². The number of ether oxygens (including phenoxy) is 1. The molecule has 0 aromatic rings. The third kappa shape index (κ3) is 2.83. The molecule has 0 aliphatic heterocycles. The van der Waals surface area contributed by atoms with E-state index in [2.05, 4.69) is 54.5 Å². The van der Waals surface area contributed by atoms with E-state index < -0.39 is 0 Å². The van der Waals surface area contributed by atoms with Crippen LogP contribution >= 0.6 is 0 Å². The van der Waals surface area contributed by atoms with Gasteiger partial charge in [0.25, 0.3) is 0 Å². The Morgan fingerprint density at radius 1 is 0.941 bits per heavy atom. The molecule has 0 aromatic heterocycles. The summed E-state index contributed by atoms with van der Waals surface area (Å²) in [4.78, 5) is 13.4. The summed E-state index contributed by atoms with van der Waals surface area (Å²) in [5, 5.41) is 10.9. The molecule has 3 nitrogen and oxygen atoms in total. The fourth-order valence-corrected chi connectivity index (χ4v) is 11.0. The first-order valence-corrected chi connectivity index (χ1v) is 14.3. The molecule has 0 amide bonds. The summed E-state index contributed by atoms with van der Waals surface area (Å²) in [5.74, 6) is 2.73. The van der Waals surface area contributed by atoms with Crippen LogP contribution in [0.5, 0.6) is 0 Å². The van der Waals surface area contributed by atoms with Crippen LogP contribution < -0.4 is 0 Å². The van der Waals surface area contributed by atoms with Crippen LogP contribution in [0.25, 0.3) is 0 Å². The molecule has 0 saturated heterocycles. The predicted octanol–water partition coefficient (Wildman–Crippen LogP) is 7.18. The second-order valence-corrected chi connectivity index (χ2v) is 14.7. The van der Waals surface area contributed by atoms with Gasteiger partial charge in [-0.15, -0.1) is 0 Å². The van der Waals surface area contributed by atoms with Crippen LogP contribution in [0.15, 0.2) is 11.6 Å². The van der Waals surface area contributed by atoms with Gasteiger partial charge in [-0.05, 0) is 109 Å². The number of aliphatic hydroxyl groups is 1. The van der Waals surface area contributed by atoms with Gasteiger partial charge < -0.3 is 9.84 Å². The summed E-state index contributed by atoms with van der Waals surface area (Å²) in [5.41, 5.74) is 1.91. The number of hydrogen-bond donors (Lipinski definition) is 1. The Hall–Kier alpha value is -0.830. The van der Waals surface area contributed by atoms with E-state index in [9.17, 15) is 9.90 Å².